The molecule has 0 aliphatic heterocycles. The number of fused-ring (bicyclic) bond motifs is 1. The number of benzene rings is 1. The lowest BCUT2D eigenvalue weighted by Crippen LogP contribution is -2.14. The zero-order valence-electron chi connectivity index (χ0n) is 15.9. The highest BCUT2D eigenvalue weighted by atomic mass is 32.2. The van der Waals surface area contributed by atoms with E-state index in [1.54, 1.807) is 21.9 Å². The van der Waals surface area contributed by atoms with Gasteiger partial charge >= 0.3 is 0 Å². The van der Waals surface area contributed by atoms with E-state index >= 15 is 0 Å². The molecule has 1 N–H and O–H groups in total. The molecule has 0 spiro atoms. The van der Waals surface area contributed by atoms with Crippen LogP contribution < -0.4 is 5.32 Å². The molecule has 12 heteroatoms. The molecule has 0 aliphatic carbocycles. The number of nitro groups is 1. The van der Waals surface area contributed by atoms with Crippen LogP contribution in [0.15, 0.2) is 40.9 Å². The van der Waals surface area contributed by atoms with Gasteiger partial charge in [0.2, 0.25) is 5.91 Å². The zero-order valence-corrected chi connectivity index (χ0v) is 17.5. The van der Waals surface area contributed by atoms with Crippen molar-refractivity contribution in [1.82, 2.24) is 24.6 Å². The van der Waals surface area contributed by atoms with Gasteiger partial charge in [-0.15, -0.1) is 21.5 Å². The van der Waals surface area contributed by atoms with Crippen molar-refractivity contribution < 1.29 is 9.72 Å². The molecule has 0 fully saturated rings. The van der Waals surface area contributed by atoms with Crippen LogP contribution in [0.2, 0.25) is 0 Å². The summed E-state index contributed by atoms with van der Waals surface area (Å²) in [5.41, 5.74) is 2.70. The maximum atomic E-state index is 12.3. The Labute approximate surface area is 178 Å². The van der Waals surface area contributed by atoms with Gasteiger partial charge in [0.15, 0.2) is 15.9 Å². The third-order valence-electron chi connectivity index (χ3n) is 4.09. The first-order valence-electron chi connectivity index (χ1n) is 8.73. The molecular weight excluding hydrogens is 426 g/mol. The number of hydrogen-bond acceptors (Lipinski definition) is 9. The lowest BCUT2D eigenvalue weighted by atomic mass is 10.1. The summed E-state index contributed by atoms with van der Waals surface area (Å²) in [6.45, 7) is 3.75. The SMILES string of the molecule is Cc1cc2nnc(SCC(=O)Nc3nc(-c4cccc([N+](=O)[O-])c4)cs3)n2c(C)n1. The van der Waals surface area contributed by atoms with Crippen molar-refractivity contribution in [3.8, 4) is 11.3 Å². The van der Waals surface area contributed by atoms with Crippen LogP contribution in [-0.4, -0.2) is 41.1 Å². The second-order valence-electron chi connectivity index (χ2n) is 6.30. The van der Waals surface area contributed by atoms with Gasteiger partial charge in [-0.3, -0.25) is 19.3 Å². The molecule has 0 saturated carbocycles. The van der Waals surface area contributed by atoms with Crippen LogP contribution in [0, 0.1) is 24.0 Å². The Morgan fingerprint density at radius 3 is 2.90 bits per heavy atom. The smallest absolute Gasteiger partial charge is 0.270 e. The summed E-state index contributed by atoms with van der Waals surface area (Å²) < 4.78 is 1.80. The Morgan fingerprint density at radius 1 is 1.27 bits per heavy atom. The van der Waals surface area contributed by atoms with Gasteiger partial charge in [-0.2, -0.15) is 0 Å². The fraction of sp³-hybridized carbons (Fsp3) is 0.167. The number of aryl methyl sites for hydroxylation is 2. The van der Waals surface area contributed by atoms with E-state index in [1.165, 1.54) is 35.2 Å². The lowest BCUT2D eigenvalue weighted by molar-refractivity contribution is -0.384. The van der Waals surface area contributed by atoms with Crippen LogP contribution in [0.3, 0.4) is 0 Å². The average molecular weight is 441 g/mol. The van der Waals surface area contributed by atoms with Crippen molar-refractivity contribution >= 4 is 45.5 Å². The molecule has 152 valence electrons. The number of nitrogens with one attached hydrogen (secondary N) is 1. The van der Waals surface area contributed by atoms with Crippen LogP contribution in [0.4, 0.5) is 10.8 Å². The zero-order chi connectivity index (χ0) is 21.3. The standard InChI is InChI=1S/C18H15N7O3S2/c1-10-6-15-22-23-18(24(15)11(2)19-10)30-9-16(26)21-17-20-14(8-29-17)12-4-3-5-13(7-12)25(27)28/h3-8H,9H2,1-2H3,(H,20,21,26). The number of amides is 1. The fourth-order valence-corrected chi connectivity index (χ4v) is 4.35. The first-order valence-corrected chi connectivity index (χ1v) is 10.6. The van der Waals surface area contributed by atoms with Gasteiger partial charge in [0.25, 0.3) is 5.69 Å². The highest BCUT2D eigenvalue weighted by molar-refractivity contribution is 7.99. The van der Waals surface area contributed by atoms with E-state index in [0.717, 1.165) is 11.5 Å². The predicted octanol–water partition coefficient (Wildman–Crippen LogP) is 3.50. The molecule has 10 nitrogen and oxygen atoms in total. The van der Waals surface area contributed by atoms with Crippen LogP contribution in [0.1, 0.15) is 11.5 Å². The maximum Gasteiger partial charge on any atom is 0.270 e. The second kappa shape index (κ2) is 8.16. The van der Waals surface area contributed by atoms with Crippen molar-refractivity contribution in [2.45, 2.75) is 19.0 Å². The van der Waals surface area contributed by atoms with E-state index in [-0.39, 0.29) is 17.3 Å². The molecule has 3 heterocycles. The van der Waals surface area contributed by atoms with Crippen molar-refractivity contribution in [2.24, 2.45) is 0 Å². The van der Waals surface area contributed by atoms with E-state index in [2.05, 4.69) is 25.5 Å². The van der Waals surface area contributed by atoms with Crippen molar-refractivity contribution in [2.75, 3.05) is 11.1 Å². The Hall–Kier alpha value is -3.38. The molecule has 4 aromatic rings. The van der Waals surface area contributed by atoms with Gasteiger partial charge in [-0.25, -0.2) is 9.97 Å². The first kappa shape index (κ1) is 19.9. The summed E-state index contributed by atoms with van der Waals surface area (Å²) in [5, 5.41) is 24.7. The van der Waals surface area contributed by atoms with Crippen LogP contribution in [0.25, 0.3) is 16.9 Å². The highest BCUT2D eigenvalue weighted by Gasteiger charge is 2.14. The summed E-state index contributed by atoms with van der Waals surface area (Å²) in [6, 6.07) is 8.03. The Balaban J connectivity index is 1.42. The minimum absolute atomic E-state index is 0.0111. The largest absolute Gasteiger partial charge is 0.301 e. The average Bonchev–Trinajstić information content (AvgIpc) is 3.33. The molecule has 0 radical (unpaired) electrons. The normalized spacial score (nSPS) is 11.0. The second-order valence-corrected chi connectivity index (χ2v) is 8.10. The molecule has 0 bridgehead atoms. The minimum atomic E-state index is -0.456. The molecule has 1 amide bonds. The number of thiazole rings is 1. The van der Waals surface area contributed by atoms with Crippen molar-refractivity contribution in [3.05, 3.63) is 57.3 Å². The van der Waals surface area contributed by atoms with E-state index in [4.69, 9.17) is 0 Å². The predicted molar refractivity (Wildman–Crippen MR) is 114 cm³/mol. The molecule has 1 aromatic carbocycles. The Morgan fingerprint density at radius 2 is 2.10 bits per heavy atom. The van der Waals surface area contributed by atoms with Crippen LogP contribution in [-0.2, 0) is 4.79 Å². The number of non-ortho nitro benzene ring substituents is 1. The number of carbonyl (C=O) groups is 1. The molecular formula is C18H15N7O3S2. The van der Waals surface area contributed by atoms with Crippen molar-refractivity contribution in [3.63, 3.8) is 0 Å². The number of hydrogen-bond donors (Lipinski definition) is 1. The van der Waals surface area contributed by atoms with E-state index < -0.39 is 4.92 Å². The van der Waals surface area contributed by atoms with E-state index in [1.807, 2.05) is 19.9 Å². The summed E-state index contributed by atoms with van der Waals surface area (Å²) >= 11 is 2.50. The van der Waals surface area contributed by atoms with Gasteiger partial charge < -0.3 is 5.32 Å². The Kier molecular flexibility index (Phi) is 5.42. The first-order chi connectivity index (χ1) is 14.4. The number of nitrogens with zero attached hydrogens (tertiary/aromatic N) is 6. The molecule has 0 saturated heterocycles. The summed E-state index contributed by atoms with van der Waals surface area (Å²) in [6.07, 6.45) is 0. The third-order valence-corrected chi connectivity index (χ3v) is 5.78. The summed E-state index contributed by atoms with van der Waals surface area (Å²) in [4.78, 5) is 31.6. The summed E-state index contributed by atoms with van der Waals surface area (Å²) in [5.74, 6) is 0.633. The van der Waals surface area contributed by atoms with Gasteiger partial charge in [0.1, 0.15) is 5.82 Å². The third kappa shape index (κ3) is 4.14. The van der Waals surface area contributed by atoms with Crippen molar-refractivity contribution in [1.29, 1.82) is 0 Å². The summed E-state index contributed by atoms with van der Waals surface area (Å²) in [7, 11) is 0. The molecule has 30 heavy (non-hydrogen) atoms. The van der Waals surface area contributed by atoms with Gasteiger partial charge in [-0.1, -0.05) is 23.9 Å². The molecule has 0 aliphatic rings. The highest BCUT2D eigenvalue weighted by Crippen LogP contribution is 2.27. The maximum absolute atomic E-state index is 12.3. The van der Waals surface area contributed by atoms with Crippen LogP contribution in [0.5, 0.6) is 0 Å². The quantitative estimate of drug-likeness (QED) is 0.273. The number of thioether (sulfide) groups is 1. The topological polar surface area (TPSA) is 128 Å². The van der Waals surface area contributed by atoms with E-state index in [9.17, 15) is 14.9 Å². The molecule has 0 atom stereocenters. The van der Waals surface area contributed by atoms with Gasteiger partial charge in [0, 0.05) is 34.8 Å². The lowest BCUT2D eigenvalue weighted by Gasteiger charge is -2.04. The molecule has 0 unspecified atom stereocenters. The number of nitro benzene ring substituents is 1. The monoisotopic (exact) mass is 441 g/mol. The van der Waals surface area contributed by atoms with Crippen LogP contribution >= 0.6 is 23.1 Å². The van der Waals surface area contributed by atoms with Gasteiger partial charge in [-0.05, 0) is 13.8 Å². The number of aromatic nitrogens is 5. The minimum Gasteiger partial charge on any atom is -0.301 e. The Bertz CT molecular complexity index is 1270. The number of anilines is 1. The number of rotatable bonds is 6. The number of carbonyl (C=O) groups excluding carboxylic acids is 1. The molecule has 3 aromatic heterocycles. The molecule has 4 rings (SSSR count). The van der Waals surface area contributed by atoms with Gasteiger partial charge in [0.05, 0.1) is 16.4 Å². The van der Waals surface area contributed by atoms with E-state index in [0.29, 0.717) is 27.2 Å². The fourth-order valence-electron chi connectivity index (χ4n) is 2.82.